The van der Waals surface area contributed by atoms with Gasteiger partial charge in [0.25, 0.3) is 11.8 Å². The summed E-state index contributed by atoms with van der Waals surface area (Å²) in [5.74, 6) is -1.84. The molecular weight excluding hydrogens is 332 g/mol. The Labute approximate surface area is 149 Å². The Morgan fingerprint density at radius 1 is 1.04 bits per heavy atom. The molecule has 0 saturated heterocycles. The van der Waals surface area contributed by atoms with Crippen molar-refractivity contribution in [2.45, 2.75) is 19.8 Å². The third-order valence-electron chi connectivity index (χ3n) is 4.56. The molecule has 0 unspecified atom stereocenters. The summed E-state index contributed by atoms with van der Waals surface area (Å²) in [6.45, 7) is 2.01. The fourth-order valence-electron chi connectivity index (χ4n) is 3.21. The van der Waals surface area contributed by atoms with Crippen molar-refractivity contribution in [1.29, 1.82) is 0 Å². The molecular formula is C20H16N2O4. The normalized spacial score (nSPS) is 13.3. The Morgan fingerprint density at radius 3 is 2.42 bits per heavy atom. The van der Waals surface area contributed by atoms with E-state index in [-0.39, 0.29) is 17.5 Å². The van der Waals surface area contributed by atoms with Gasteiger partial charge in [-0.1, -0.05) is 35.4 Å². The first-order valence-electron chi connectivity index (χ1n) is 8.30. The molecule has 3 aromatic rings. The summed E-state index contributed by atoms with van der Waals surface area (Å²) in [6.07, 6.45) is 2.38. The second-order valence-electron chi connectivity index (χ2n) is 6.22. The topological polar surface area (TPSA) is 79.5 Å². The van der Waals surface area contributed by atoms with Crippen molar-refractivity contribution in [2.75, 3.05) is 0 Å². The highest BCUT2D eigenvalue weighted by Gasteiger charge is 2.38. The summed E-state index contributed by atoms with van der Waals surface area (Å²) in [4.78, 5) is 44.8. The van der Waals surface area contributed by atoms with Crippen LogP contribution in [-0.2, 0) is 16.1 Å². The molecule has 1 aliphatic rings. The predicted octanol–water partition coefficient (Wildman–Crippen LogP) is 3.16. The Bertz CT molecular complexity index is 1020. The molecule has 0 fully saturated rings. The van der Waals surface area contributed by atoms with Crippen LogP contribution in [0.2, 0.25) is 0 Å². The number of nitrogens with zero attached hydrogens (tertiary/aromatic N) is 1. The van der Waals surface area contributed by atoms with Crippen LogP contribution in [0.1, 0.15) is 38.3 Å². The molecule has 0 aliphatic carbocycles. The average molecular weight is 348 g/mol. The van der Waals surface area contributed by atoms with E-state index in [0.717, 1.165) is 22.0 Å². The fourth-order valence-corrected chi connectivity index (χ4v) is 3.21. The number of carbonyl (C=O) groups excluding carboxylic acids is 3. The van der Waals surface area contributed by atoms with Crippen molar-refractivity contribution in [2.24, 2.45) is 0 Å². The zero-order valence-electron chi connectivity index (χ0n) is 14.1. The first kappa shape index (κ1) is 16.1. The maximum absolute atomic E-state index is 12.2. The van der Waals surface area contributed by atoms with Crippen LogP contribution in [0.15, 0.2) is 48.7 Å². The molecule has 2 aromatic carbocycles. The lowest BCUT2D eigenvalue weighted by molar-refractivity contribution is -0.168. The highest BCUT2D eigenvalue weighted by Crippen LogP contribution is 2.24. The van der Waals surface area contributed by atoms with Crippen LogP contribution in [0, 0.1) is 6.92 Å². The number of hydrogen-bond acceptors (Lipinski definition) is 4. The first-order valence-corrected chi connectivity index (χ1v) is 8.30. The monoisotopic (exact) mass is 348 g/mol. The van der Waals surface area contributed by atoms with Crippen molar-refractivity contribution in [3.63, 3.8) is 0 Å². The predicted molar refractivity (Wildman–Crippen MR) is 94.4 cm³/mol. The van der Waals surface area contributed by atoms with Gasteiger partial charge in [-0.3, -0.25) is 9.59 Å². The van der Waals surface area contributed by atoms with Crippen LogP contribution < -0.4 is 0 Å². The van der Waals surface area contributed by atoms with Gasteiger partial charge in [0.2, 0.25) is 0 Å². The number of nitrogens with one attached hydrogen (secondary N) is 1. The number of aryl methyl sites for hydroxylation is 2. The Morgan fingerprint density at radius 2 is 1.73 bits per heavy atom. The molecule has 0 bridgehead atoms. The van der Waals surface area contributed by atoms with Crippen LogP contribution in [-0.4, -0.2) is 27.8 Å². The number of rotatable bonds is 4. The van der Waals surface area contributed by atoms with Crippen LogP contribution in [0.5, 0.6) is 0 Å². The lowest BCUT2D eigenvalue weighted by atomic mass is 10.1. The summed E-state index contributed by atoms with van der Waals surface area (Å²) < 4.78 is 0. The minimum Gasteiger partial charge on any atom is -0.361 e. The van der Waals surface area contributed by atoms with E-state index in [9.17, 15) is 14.4 Å². The number of H-pyrrole nitrogens is 1. The standard InChI is InChI=1S/C20H16N2O4/c1-12-5-4-8-14-13(11-21-18(12)14)9-10-17(23)26-22-19(24)15-6-2-3-7-16(15)20(22)25/h2-8,11,21H,9-10H2,1H3. The lowest BCUT2D eigenvalue weighted by Gasteiger charge is -2.12. The third-order valence-corrected chi connectivity index (χ3v) is 4.56. The molecule has 1 aromatic heterocycles. The number of carbonyl (C=O) groups is 3. The highest BCUT2D eigenvalue weighted by molar-refractivity contribution is 6.20. The maximum atomic E-state index is 12.2. The number of fused-ring (bicyclic) bond motifs is 2. The largest absolute Gasteiger partial charge is 0.361 e. The van der Waals surface area contributed by atoms with E-state index in [1.54, 1.807) is 12.1 Å². The third kappa shape index (κ3) is 2.56. The van der Waals surface area contributed by atoms with Gasteiger partial charge in [-0.15, -0.1) is 0 Å². The molecule has 4 rings (SSSR count). The summed E-state index contributed by atoms with van der Waals surface area (Å²) in [6, 6.07) is 12.4. The maximum Gasteiger partial charge on any atom is 0.333 e. The zero-order valence-corrected chi connectivity index (χ0v) is 14.1. The van der Waals surface area contributed by atoms with Crippen molar-refractivity contribution in [3.05, 3.63) is 70.9 Å². The highest BCUT2D eigenvalue weighted by atomic mass is 16.7. The minimum atomic E-state index is -0.624. The van der Waals surface area contributed by atoms with Gasteiger partial charge >= 0.3 is 5.97 Å². The number of benzene rings is 2. The van der Waals surface area contributed by atoms with E-state index in [1.165, 1.54) is 12.1 Å². The SMILES string of the molecule is Cc1cccc2c(CCC(=O)ON3C(=O)c4ccccc4C3=O)c[nH]c12. The zero-order chi connectivity index (χ0) is 18.3. The van der Waals surface area contributed by atoms with Gasteiger partial charge < -0.3 is 9.82 Å². The van der Waals surface area contributed by atoms with Crippen molar-refractivity contribution in [1.82, 2.24) is 10.0 Å². The van der Waals surface area contributed by atoms with E-state index >= 15 is 0 Å². The van der Waals surface area contributed by atoms with Crippen LogP contribution in [0.4, 0.5) is 0 Å². The molecule has 1 N–H and O–H groups in total. The Balaban J connectivity index is 1.44. The van der Waals surface area contributed by atoms with E-state index in [0.29, 0.717) is 11.5 Å². The number of imide groups is 1. The van der Waals surface area contributed by atoms with Gasteiger partial charge in [0.1, 0.15) is 0 Å². The summed E-state index contributed by atoms with van der Waals surface area (Å²) in [7, 11) is 0. The number of para-hydroxylation sites is 1. The molecule has 0 atom stereocenters. The summed E-state index contributed by atoms with van der Waals surface area (Å²) in [5.41, 5.74) is 3.65. The summed E-state index contributed by atoms with van der Waals surface area (Å²) in [5, 5.41) is 1.60. The molecule has 6 heteroatoms. The molecule has 2 amide bonds. The van der Waals surface area contributed by atoms with Crippen molar-refractivity contribution in [3.8, 4) is 0 Å². The second kappa shape index (κ2) is 6.15. The lowest BCUT2D eigenvalue weighted by Crippen LogP contribution is -2.32. The fraction of sp³-hybridized carbons (Fsp3) is 0.150. The number of hydrogen-bond donors (Lipinski definition) is 1. The van der Waals surface area contributed by atoms with Gasteiger partial charge in [0.15, 0.2) is 0 Å². The molecule has 26 heavy (non-hydrogen) atoms. The van der Waals surface area contributed by atoms with Crippen molar-refractivity contribution >= 4 is 28.7 Å². The Kier molecular flexibility index (Phi) is 3.80. The number of aromatic amines is 1. The molecule has 0 spiro atoms. The average Bonchev–Trinajstić information content (AvgIpc) is 3.17. The van der Waals surface area contributed by atoms with Gasteiger partial charge in [-0.25, -0.2) is 4.79 Å². The number of hydroxylamine groups is 2. The summed E-state index contributed by atoms with van der Waals surface area (Å²) >= 11 is 0. The first-order chi connectivity index (χ1) is 12.6. The molecule has 1 aliphatic heterocycles. The van der Waals surface area contributed by atoms with Gasteiger partial charge in [0.05, 0.1) is 17.5 Å². The number of aromatic nitrogens is 1. The van der Waals surface area contributed by atoms with Crippen LogP contribution >= 0.6 is 0 Å². The second-order valence-corrected chi connectivity index (χ2v) is 6.22. The van der Waals surface area contributed by atoms with Crippen molar-refractivity contribution < 1.29 is 19.2 Å². The minimum absolute atomic E-state index is 0.0638. The van der Waals surface area contributed by atoms with Gasteiger partial charge in [-0.05, 0) is 36.6 Å². The quantitative estimate of drug-likeness (QED) is 0.735. The smallest absolute Gasteiger partial charge is 0.333 e. The van der Waals surface area contributed by atoms with Crippen LogP contribution in [0.25, 0.3) is 10.9 Å². The van der Waals surface area contributed by atoms with Gasteiger partial charge in [-0.2, -0.15) is 0 Å². The molecule has 0 radical (unpaired) electrons. The van der Waals surface area contributed by atoms with E-state index in [2.05, 4.69) is 4.98 Å². The Hall–Kier alpha value is -3.41. The van der Waals surface area contributed by atoms with E-state index in [4.69, 9.17) is 4.84 Å². The molecule has 2 heterocycles. The molecule has 6 nitrogen and oxygen atoms in total. The van der Waals surface area contributed by atoms with Gasteiger partial charge in [0, 0.05) is 17.1 Å². The molecule has 0 saturated carbocycles. The number of amides is 2. The van der Waals surface area contributed by atoms with E-state index in [1.807, 2.05) is 31.3 Å². The van der Waals surface area contributed by atoms with Crippen LogP contribution in [0.3, 0.4) is 0 Å². The van der Waals surface area contributed by atoms with E-state index < -0.39 is 17.8 Å². The molecule has 130 valence electrons.